The van der Waals surface area contributed by atoms with Gasteiger partial charge in [-0.3, -0.25) is 0 Å². The Morgan fingerprint density at radius 1 is 0.600 bits per heavy atom. The number of fused-ring (bicyclic) bond motifs is 2. The molecule has 255 valence electrons. The average Bonchev–Trinajstić information content (AvgIpc) is 3.65. The van der Waals surface area contributed by atoms with E-state index in [4.69, 9.17) is 9.47 Å². The third kappa shape index (κ3) is 12.3. The molecule has 0 aliphatic carbocycles. The SMILES string of the molecule is CCCCCCC(CCCC)COc1c2c[c]([Sn]([CH3])([CH3])[CH3])sc2c(OCC(CCCC)CCCCCC)c2c[c]([Sn]([CH3])[CH3])sc12. The monoisotopic (exact) mass is 871 g/mol. The van der Waals surface area contributed by atoms with Crippen molar-refractivity contribution >= 4 is 86.8 Å². The molecule has 0 aliphatic rings. The maximum atomic E-state index is 7.08. The Hall–Kier alpha value is 0.337. The number of rotatable bonds is 24. The van der Waals surface area contributed by atoms with Gasteiger partial charge in [0.25, 0.3) is 0 Å². The zero-order valence-electron chi connectivity index (χ0n) is 30.7. The molecule has 3 aromatic rings. The molecule has 45 heavy (non-hydrogen) atoms. The Balaban J connectivity index is 2.04. The standard InChI is InChI=1S/C34H52O2S2.5CH3.2Sn/c1-5-9-13-15-19-27(17-11-7-3)25-35-31-29-21-23-38-34(29)32(30-22-24-37-33(30)31)36-26-28(18-12-8-4)20-16-14-10-6-2;;;;;;;/h21-22,27-28H,5-20,25-26H2,1-4H3;5*1H3;;. The van der Waals surface area contributed by atoms with E-state index in [1.807, 2.05) is 22.7 Å². The van der Waals surface area contributed by atoms with Gasteiger partial charge in [0.1, 0.15) is 0 Å². The van der Waals surface area contributed by atoms with Crippen molar-refractivity contribution in [3.8, 4) is 11.5 Å². The van der Waals surface area contributed by atoms with Crippen LogP contribution in [0.4, 0.5) is 0 Å². The predicted octanol–water partition coefficient (Wildman–Crippen LogP) is 12.9. The van der Waals surface area contributed by atoms with E-state index in [1.165, 1.54) is 134 Å². The van der Waals surface area contributed by atoms with E-state index in [2.05, 4.69) is 64.5 Å². The first-order valence-corrected chi connectivity index (χ1v) is 37.5. The Kier molecular flexibility index (Phi) is 18.3. The molecule has 2 heterocycles. The number of hydrogen-bond donors (Lipinski definition) is 0. The van der Waals surface area contributed by atoms with Crippen LogP contribution in [-0.2, 0) is 0 Å². The molecule has 0 saturated heterocycles. The topological polar surface area (TPSA) is 18.5 Å². The first-order valence-electron chi connectivity index (χ1n) is 18.7. The molecule has 0 N–H and O–H groups in total. The van der Waals surface area contributed by atoms with Crippen LogP contribution in [-0.4, -0.2) is 51.4 Å². The number of thiophene rings is 2. The first kappa shape index (κ1) is 39.8. The van der Waals surface area contributed by atoms with Crippen LogP contribution in [0.1, 0.15) is 130 Å². The summed E-state index contributed by atoms with van der Waals surface area (Å²) in [5, 5.41) is 2.70. The average molecular weight is 870 g/mol. The first-order chi connectivity index (χ1) is 21.6. The Bertz CT molecular complexity index is 1170. The van der Waals surface area contributed by atoms with Crippen molar-refractivity contribution in [2.24, 2.45) is 11.8 Å². The summed E-state index contributed by atoms with van der Waals surface area (Å²) in [6, 6.07) is 5.09. The number of hydrogen-bond acceptors (Lipinski definition) is 4. The van der Waals surface area contributed by atoms with Gasteiger partial charge in [-0.2, -0.15) is 0 Å². The summed E-state index contributed by atoms with van der Waals surface area (Å²) in [7, 11) is 0. The Labute approximate surface area is 297 Å². The normalized spacial score (nSPS) is 13.7. The number of unbranched alkanes of at least 4 members (excludes halogenated alkanes) is 8. The van der Waals surface area contributed by atoms with Crippen molar-refractivity contribution in [2.45, 2.75) is 155 Å². The van der Waals surface area contributed by atoms with Crippen molar-refractivity contribution in [3.63, 3.8) is 0 Å². The van der Waals surface area contributed by atoms with Crippen molar-refractivity contribution < 1.29 is 9.47 Å². The second kappa shape index (κ2) is 20.8. The summed E-state index contributed by atoms with van der Waals surface area (Å²) < 4.78 is 20.2. The van der Waals surface area contributed by atoms with Crippen LogP contribution >= 0.6 is 22.7 Å². The fraction of sp³-hybridized carbons (Fsp3) is 0.744. The van der Waals surface area contributed by atoms with E-state index < -0.39 is 38.1 Å². The summed E-state index contributed by atoms with van der Waals surface area (Å²) >= 11 is 0.198. The fourth-order valence-corrected chi connectivity index (χ4v) is 17.7. The van der Waals surface area contributed by atoms with Gasteiger partial charge in [0.2, 0.25) is 0 Å². The predicted molar refractivity (Wildman–Crippen MR) is 212 cm³/mol. The van der Waals surface area contributed by atoms with Crippen LogP contribution in [0.15, 0.2) is 12.1 Å². The summed E-state index contributed by atoms with van der Waals surface area (Å²) in [4.78, 5) is 12.7. The van der Waals surface area contributed by atoms with E-state index in [-0.39, 0.29) is 0 Å². The summed E-state index contributed by atoms with van der Waals surface area (Å²) in [6.45, 7) is 11.0. The van der Waals surface area contributed by atoms with Crippen LogP contribution in [0.3, 0.4) is 0 Å². The van der Waals surface area contributed by atoms with Crippen LogP contribution in [0.2, 0.25) is 24.7 Å². The molecule has 0 fully saturated rings. The summed E-state index contributed by atoms with van der Waals surface area (Å²) in [5.74, 6) is 3.67. The number of ether oxygens (including phenoxy) is 2. The zero-order chi connectivity index (χ0) is 32.8. The quantitative estimate of drug-likeness (QED) is 0.0660. The van der Waals surface area contributed by atoms with E-state index >= 15 is 0 Å². The van der Waals surface area contributed by atoms with Gasteiger partial charge in [0.05, 0.1) is 0 Å². The molecule has 0 bridgehead atoms. The molecule has 2 nitrogen and oxygen atoms in total. The fourth-order valence-electron chi connectivity index (χ4n) is 6.33. The molecular weight excluding hydrogens is 802 g/mol. The van der Waals surface area contributed by atoms with Gasteiger partial charge in [-0.05, 0) is 0 Å². The summed E-state index contributed by atoms with van der Waals surface area (Å²) in [6.07, 6.45) is 21.1. The van der Waals surface area contributed by atoms with Gasteiger partial charge in [0.15, 0.2) is 0 Å². The molecule has 0 saturated carbocycles. The van der Waals surface area contributed by atoms with Crippen molar-refractivity contribution in [1.82, 2.24) is 0 Å². The van der Waals surface area contributed by atoms with Gasteiger partial charge in [-0.15, -0.1) is 0 Å². The maximum absolute atomic E-state index is 7.08. The molecule has 2 aromatic heterocycles. The Morgan fingerprint density at radius 2 is 1.04 bits per heavy atom. The van der Waals surface area contributed by atoms with Gasteiger partial charge >= 0.3 is 286 Å². The molecule has 2 atom stereocenters. The van der Waals surface area contributed by atoms with Gasteiger partial charge in [-0.25, -0.2) is 0 Å². The van der Waals surface area contributed by atoms with Crippen LogP contribution in [0, 0.1) is 11.8 Å². The van der Waals surface area contributed by atoms with Crippen LogP contribution in [0.25, 0.3) is 20.2 Å². The summed E-state index contributed by atoms with van der Waals surface area (Å²) in [5.41, 5.74) is 0. The van der Waals surface area contributed by atoms with E-state index in [9.17, 15) is 0 Å². The molecule has 1 aromatic carbocycles. The minimum absolute atomic E-state index is 0.651. The van der Waals surface area contributed by atoms with E-state index in [1.54, 1.807) is 5.79 Å². The number of benzene rings is 1. The van der Waals surface area contributed by atoms with Gasteiger partial charge in [-0.1, -0.05) is 13.8 Å². The second-order valence-electron chi connectivity index (χ2n) is 15.0. The second-order valence-corrected chi connectivity index (χ2v) is 40.8. The third-order valence-electron chi connectivity index (χ3n) is 9.39. The van der Waals surface area contributed by atoms with Gasteiger partial charge in [0, 0.05) is 0 Å². The van der Waals surface area contributed by atoms with Crippen molar-refractivity contribution in [3.05, 3.63) is 12.1 Å². The third-order valence-corrected chi connectivity index (χ3v) is 27.7. The molecule has 0 amide bonds. The van der Waals surface area contributed by atoms with E-state index in [0.717, 1.165) is 13.2 Å². The molecule has 0 aliphatic heterocycles. The minimum atomic E-state index is -2.32. The molecule has 1 radical (unpaired) electrons. The van der Waals surface area contributed by atoms with Crippen molar-refractivity contribution in [1.29, 1.82) is 0 Å². The van der Waals surface area contributed by atoms with Crippen LogP contribution in [0.5, 0.6) is 11.5 Å². The van der Waals surface area contributed by atoms with Crippen LogP contribution < -0.4 is 15.3 Å². The zero-order valence-corrected chi connectivity index (χ0v) is 38.0. The van der Waals surface area contributed by atoms with Crippen molar-refractivity contribution in [2.75, 3.05) is 13.2 Å². The Morgan fingerprint density at radius 3 is 1.49 bits per heavy atom. The molecule has 2 unspecified atom stereocenters. The molecule has 0 spiro atoms. The molecule has 3 rings (SSSR count). The molecular formula is C39H67O2S2Sn2. The molecule has 6 heteroatoms. The van der Waals surface area contributed by atoms with Gasteiger partial charge < -0.3 is 0 Å². The van der Waals surface area contributed by atoms with E-state index in [0.29, 0.717) is 11.8 Å².